The zero-order valence-corrected chi connectivity index (χ0v) is 21.9. The van der Waals surface area contributed by atoms with E-state index in [4.69, 9.17) is 9.47 Å². The minimum atomic E-state index is -0.369. The van der Waals surface area contributed by atoms with Crippen molar-refractivity contribution in [3.8, 4) is 0 Å². The number of nitrogens with zero attached hydrogens (tertiary/aromatic N) is 6. The van der Waals surface area contributed by atoms with E-state index in [9.17, 15) is 0 Å². The molecular formula is C24H40N8O2. The summed E-state index contributed by atoms with van der Waals surface area (Å²) in [6.07, 6.45) is 6.93. The molecule has 10 heteroatoms. The lowest BCUT2D eigenvalue weighted by Gasteiger charge is -2.45. The second-order valence-electron chi connectivity index (χ2n) is 12.5. The third-order valence-corrected chi connectivity index (χ3v) is 11.8. The van der Waals surface area contributed by atoms with Crippen molar-refractivity contribution in [2.75, 3.05) is 14.2 Å². The Morgan fingerprint density at radius 3 is 1.26 bits per heavy atom. The van der Waals surface area contributed by atoms with Crippen LogP contribution in [0.25, 0.3) is 0 Å². The second kappa shape index (κ2) is 7.29. The maximum Gasteiger partial charge on any atom is 0.206 e. The van der Waals surface area contributed by atoms with Gasteiger partial charge >= 0.3 is 0 Å². The van der Waals surface area contributed by atoms with Gasteiger partial charge in [0.1, 0.15) is 11.2 Å². The number of aromatic nitrogens is 8. The standard InChI is InChI=1S/2C12H20N4O/c2*1-10(2)8-5-6-11(10,3)12(7-8,17-4)9-13-15-16-14-9/h2*8H,5-7H2,1-4H3,(H,13,14,15,16)/t2*8-,11-,12+/m11/s1. The molecule has 6 rings (SSSR count). The van der Waals surface area contributed by atoms with Crippen molar-refractivity contribution in [1.29, 1.82) is 0 Å². The summed E-state index contributed by atoms with van der Waals surface area (Å²) in [4.78, 5) is 0. The highest BCUT2D eigenvalue weighted by atomic mass is 16.5. The minimum absolute atomic E-state index is 0.0866. The fourth-order valence-electron chi connectivity index (χ4n) is 8.64. The van der Waals surface area contributed by atoms with Crippen LogP contribution in [0.3, 0.4) is 0 Å². The van der Waals surface area contributed by atoms with Crippen LogP contribution in [0.4, 0.5) is 0 Å². The van der Waals surface area contributed by atoms with Gasteiger partial charge in [0, 0.05) is 25.0 Å². The number of aromatic amines is 2. The maximum atomic E-state index is 5.93. The molecule has 4 bridgehead atoms. The van der Waals surface area contributed by atoms with Crippen LogP contribution in [0.1, 0.15) is 91.7 Å². The lowest BCUT2D eigenvalue weighted by atomic mass is 9.64. The minimum Gasteiger partial charge on any atom is -0.369 e. The third-order valence-electron chi connectivity index (χ3n) is 11.8. The molecule has 0 saturated heterocycles. The van der Waals surface area contributed by atoms with Gasteiger partial charge in [0.15, 0.2) is 0 Å². The van der Waals surface area contributed by atoms with E-state index in [0.29, 0.717) is 11.8 Å². The van der Waals surface area contributed by atoms with E-state index in [1.165, 1.54) is 25.7 Å². The Balaban J connectivity index is 0.000000142. The summed E-state index contributed by atoms with van der Waals surface area (Å²) >= 11 is 0. The zero-order chi connectivity index (χ0) is 24.6. The molecule has 4 aliphatic rings. The molecule has 2 aromatic rings. The summed E-state index contributed by atoms with van der Waals surface area (Å²) in [6.45, 7) is 14.0. The average molecular weight is 473 g/mol. The Hall–Kier alpha value is -1.94. The molecule has 2 N–H and O–H groups in total. The monoisotopic (exact) mass is 472 g/mol. The van der Waals surface area contributed by atoms with Gasteiger partial charge in [-0.3, -0.25) is 0 Å². The number of hydrogen-bond donors (Lipinski definition) is 2. The van der Waals surface area contributed by atoms with Crippen LogP contribution >= 0.6 is 0 Å². The number of hydrogen-bond acceptors (Lipinski definition) is 8. The Bertz CT molecular complexity index is 942. The van der Waals surface area contributed by atoms with Crippen molar-refractivity contribution in [1.82, 2.24) is 41.2 Å². The SMILES string of the molecule is CO[C@]1(c2nn[nH]n2)C[C@H]2CC[C@]1(C)C2(C)C.CO[C@]1(c2nn[nH]n2)C[C@H]2CC[C@]1(C)C2(C)C. The molecule has 4 aliphatic carbocycles. The number of tetrazole rings is 2. The van der Waals surface area contributed by atoms with Gasteiger partial charge < -0.3 is 9.47 Å². The van der Waals surface area contributed by atoms with E-state index in [2.05, 4.69) is 82.8 Å². The van der Waals surface area contributed by atoms with Crippen molar-refractivity contribution in [3.05, 3.63) is 11.6 Å². The Labute approximate surface area is 201 Å². The Morgan fingerprint density at radius 1 is 0.676 bits per heavy atom. The van der Waals surface area contributed by atoms with Gasteiger partial charge in [-0.25, -0.2) is 0 Å². The highest BCUT2D eigenvalue weighted by Crippen LogP contribution is 2.74. The van der Waals surface area contributed by atoms with Crippen LogP contribution in [0.5, 0.6) is 0 Å². The normalized spacial score (nSPS) is 43.2. The average Bonchev–Trinajstić information content (AvgIpc) is 3.63. The largest absolute Gasteiger partial charge is 0.369 e. The number of H-pyrrole nitrogens is 2. The van der Waals surface area contributed by atoms with Gasteiger partial charge in [-0.15, -0.1) is 20.4 Å². The first-order valence-electron chi connectivity index (χ1n) is 12.5. The van der Waals surface area contributed by atoms with Crippen LogP contribution in [-0.4, -0.2) is 55.5 Å². The van der Waals surface area contributed by atoms with Gasteiger partial charge in [-0.2, -0.15) is 10.4 Å². The molecule has 0 spiro atoms. The first-order chi connectivity index (χ1) is 16.0. The van der Waals surface area contributed by atoms with Crippen LogP contribution in [0.15, 0.2) is 0 Å². The zero-order valence-electron chi connectivity index (χ0n) is 21.9. The van der Waals surface area contributed by atoms with Crippen molar-refractivity contribution < 1.29 is 9.47 Å². The molecule has 6 atom stereocenters. The molecule has 4 fully saturated rings. The molecule has 2 heterocycles. The van der Waals surface area contributed by atoms with Gasteiger partial charge in [0.05, 0.1) is 0 Å². The van der Waals surface area contributed by atoms with Crippen LogP contribution in [0, 0.1) is 33.5 Å². The number of nitrogens with one attached hydrogen (secondary N) is 2. The van der Waals surface area contributed by atoms with E-state index in [1.54, 1.807) is 14.2 Å². The van der Waals surface area contributed by atoms with Crippen molar-refractivity contribution in [2.24, 2.45) is 33.5 Å². The second-order valence-corrected chi connectivity index (χ2v) is 12.5. The summed E-state index contributed by atoms with van der Waals surface area (Å²) in [5.41, 5.74) is -0.0291. The van der Waals surface area contributed by atoms with Gasteiger partial charge in [-0.05, 0) is 61.2 Å². The summed E-state index contributed by atoms with van der Waals surface area (Å²) in [5, 5.41) is 29.3. The molecule has 0 aromatic carbocycles. The van der Waals surface area contributed by atoms with Crippen molar-refractivity contribution in [2.45, 2.75) is 91.3 Å². The van der Waals surface area contributed by atoms with E-state index in [1.807, 2.05) is 0 Å². The Morgan fingerprint density at radius 2 is 1.06 bits per heavy atom. The smallest absolute Gasteiger partial charge is 0.206 e. The van der Waals surface area contributed by atoms with E-state index >= 15 is 0 Å². The summed E-state index contributed by atoms with van der Waals surface area (Å²) in [5.74, 6) is 2.81. The van der Waals surface area contributed by atoms with Gasteiger partial charge in [0.2, 0.25) is 11.6 Å². The van der Waals surface area contributed by atoms with Gasteiger partial charge in [-0.1, -0.05) is 52.0 Å². The van der Waals surface area contributed by atoms with E-state index in [-0.39, 0.29) is 32.9 Å². The topological polar surface area (TPSA) is 127 Å². The number of fused-ring (bicyclic) bond motifs is 4. The van der Waals surface area contributed by atoms with Crippen LogP contribution < -0.4 is 0 Å². The molecule has 2 aromatic heterocycles. The molecule has 188 valence electrons. The summed E-state index contributed by atoms with van der Waals surface area (Å²) in [6, 6.07) is 0. The number of methoxy groups -OCH3 is 2. The van der Waals surface area contributed by atoms with Crippen LogP contribution in [-0.2, 0) is 20.7 Å². The Kier molecular flexibility index (Phi) is 5.10. The van der Waals surface area contributed by atoms with E-state index in [0.717, 1.165) is 24.5 Å². The predicted molar refractivity (Wildman–Crippen MR) is 124 cm³/mol. The third kappa shape index (κ3) is 2.54. The van der Waals surface area contributed by atoms with Gasteiger partial charge in [0.25, 0.3) is 0 Å². The molecule has 34 heavy (non-hydrogen) atoms. The number of ether oxygens (including phenoxy) is 2. The van der Waals surface area contributed by atoms with E-state index < -0.39 is 0 Å². The van der Waals surface area contributed by atoms with Crippen molar-refractivity contribution in [3.63, 3.8) is 0 Å². The fourth-order valence-corrected chi connectivity index (χ4v) is 8.64. The lowest BCUT2D eigenvalue weighted by Crippen LogP contribution is -2.47. The molecular weight excluding hydrogens is 432 g/mol. The molecule has 0 aliphatic heterocycles. The molecule has 0 radical (unpaired) electrons. The quantitative estimate of drug-likeness (QED) is 0.688. The maximum absolute atomic E-state index is 5.93. The number of rotatable bonds is 4. The first-order valence-corrected chi connectivity index (χ1v) is 12.5. The molecule has 10 nitrogen and oxygen atoms in total. The first kappa shape index (κ1) is 23.8. The predicted octanol–water partition coefficient (Wildman–Crippen LogP) is 3.78. The molecule has 4 saturated carbocycles. The highest BCUT2D eigenvalue weighted by Gasteiger charge is 2.72. The highest BCUT2D eigenvalue weighted by molar-refractivity contribution is 5.24. The molecule has 0 amide bonds. The van der Waals surface area contributed by atoms with Crippen LogP contribution in [0.2, 0.25) is 0 Å². The summed E-state index contributed by atoms with van der Waals surface area (Å²) < 4.78 is 11.9. The lowest BCUT2D eigenvalue weighted by molar-refractivity contribution is -0.130. The van der Waals surface area contributed by atoms with Crippen molar-refractivity contribution >= 4 is 0 Å². The molecule has 0 unspecified atom stereocenters. The fraction of sp³-hybridized carbons (Fsp3) is 0.917. The summed E-state index contributed by atoms with van der Waals surface area (Å²) in [7, 11) is 3.55.